The molecule has 25 heavy (non-hydrogen) atoms. The molecule has 2 saturated carbocycles. The van der Waals surface area contributed by atoms with Crippen LogP contribution < -0.4 is 14.8 Å². The summed E-state index contributed by atoms with van der Waals surface area (Å²) in [5.74, 6) is 1.16. The normalized spacial score (nSPS) is 32.6. The van der Waals surface area contributed by atoms with E-state index < -0.39 is 21.1 Å². The van der Waals surface area contributed by atoms with Crippen LogP contribution in [0.1, 0.15) is 33.6 Å². The summed E-state index contributed by atoms with van der Waals surface area (Å²) in [6, 6.07) is 5.25. The van der Waals surface area contributed by atoms with Crippen molar-refractivity contribution in [1.29, 1.82) is 0 Å². The van der Waals surface area contributed by atoms with E-state index in [-0.39, 0.29) is 11.7 Å². The molecular weight excluding hydrogens is 386 g/mol. The van der Waals surface area contributed by atoms with E-state index in [0.717, 1.165) is 6.42 Å². The van der Waals surface area contributed by atoms with Gasteiger partial charge in [-0.05, 0) is 30.4 Å². The number of anilines is 1. The number of hydrogen-bond donors (Lipinski definition) is 1. The Kier molecular flexibility index (Phi) is 4.18. The van der Waals surface area contributed by atoms with Crippen molar-refractivity contribution in [3.63, 3.8) is 0 Å². The molecular formula is C19H24BrNO4. The van der Waals surface area contributed by atoms with Crippen LogP contribution in [-0.4, -0.2) is 30.7 Å². The summed E-state index contributed by atoms with van der Waals surface area (Å²) in [6.07, 6.45) is 1.41. The molecule has 0 spiro atoms. The summed E-state index contributed by atoms with van der Waals surface area (Å²) in [5.41, 5.74) is -1.12. The first-order chi connectivity index (χ1) is 11.7. The average molecular weight is 410 g/mol. The number of carbonyl (C=O) groups excluding carboxylic acids is 2. The third kappa shape index (κ3) is 2.12. The van der Waals surface area contributed by atoms with Gasteiger partial charge in [0.05, 0.1) is 30.1 Å². The second-order valence-electron chi connectivity index (χ2n) is 7.68. The number of amides is 1. The summed E-state index contributed by atoms with van der Waals surface area (Å²) >= 11 is 3.54. The summed E-state index contributed by atoms with van der Waals surface area (Å²) in [6.45, 7) is 6.05. The van der Waals surface area contributed by atoms with Crippen LogP contribution in [0.4, 0.5) is 5.69 Å². The predicted octanol–water partition coefficient (Wildman–Crippen LogP) is 3.80. The van der Waals surface area contributed by atoms with Crippen LogP contribution in [0, 0.1) is 16.2 Å². The van der Waals surface area contributed by atoms with Gasteiger partial charge in [-0.15, -0.1) is 0 Å². The summed E-state index contributed by atoms with van der Waals surface area (Å²) in [5, 5.41) is 3.00. The molecule has 1 amide bonds. The molecule has 1 N–H and O–H groups in total. The number of nitrogens with one attached hydrogen (secondary N) is 1. The van der Waals surface area contributed by atoms with Crippen molar-refractivity contribution in [2.75, 3.05) is 19.5 Å². The number of benzene rings is 1. The highest BCUT2D eigenvalue weighted by atomic mass is 79.9. The van der Waals surface area contributed by atoms with E-state index in [1.54, 1.807) is 32.4 Å². The third-order valence-electron chi connectivity index (χ3n) is 6.78. The maximum Gasteiger partial charge on any atom is 0.232 e. The van der Waals surface area contributed by atoms with E-state index in [1.807, 2.05) is 20.8 Å². The van der Waals surface area contributed by atoms with Crippen LogP contribution in [0.3, 0.4) is 0 Å². The SMILES string of the molecule is COc1ccc(NC(=O)[C@]23CC[C@@](C)(C(=O)[C@H]2Br)C3(C)C)c(OC)c1. The van der Waals surface area contributed by atoms with Gasteiger partial charge in [-0.1, -0.05) is 36.7 Å². The molecule has 0 saturated heterocycles. The molecule has 136 valence electrons. The zero-order chi connectivity index (χ0) is 18.6. The lowest BCUT2D eigenvalue weighted by molar-refractivity contribution is -0.130. The highest BCUT2D eigenvalue weighted by Crippen LogP contribution is 2.72. The first-order valence-corrected chi connectivity index (χ1v) is 9.29. The van der Waals surface area contributed by atoms with Gasteiger partial charge in [-0.25, -0.2) is 0 Å². The largest absolute Gasteiger partial charge is 0.497 e. The maximum absolute atomic E-state index is 13.4. The number of Topliss-reactive ketones (excluding diaryl/α,β-unsaturated/α-hetero) is 1. The molecule has 2 fully saturated rings. The summed E-state index contributed by atoms with van der Waals surface area (Å²) < 4.78 is 10.6. The Labute approximate surface area is 156 Å². The number of methoxy groups -OCH3 is 2. The number of halogens is 1. The van der Waals surface area contributed by atoms with Crippen LogP contribution in [-0.2, 0) is 9.59 Å². The minimum absolute atomic E-state index is 0.126. The van der Waals surface area contributed by atoms with Crippen molar-refractivity contribution < 1.29 is 19.1 Å². The molecule has 2 bridgehead atoms. The van der Waals surface area contributed by atoms with Gasteiger partial charge >= 0.3 is 0 Å². The van der Waals surface area contributed by atoms with E-state index in [9.17, 15) is 9.59 Å². The Hall–Kier alpha value is -1.56. The summed E-state index contributed by atoms with van der Waals surface area (Å²) in [4.78, 5) is 25.7. The van der Waals surface area contributed by atoms with Crippen molar-refractivity contribution >= 4 is 33.3 Å². The highest BCUT2D eigenvalue weighted by Gasteiger charge is 2.76. The number of carbonyl (C=O) groups is 2. The lowest BCUT2D eigenvalue weighted by atomic mass is 9.64. The Morgan fingerprint density at radius 3 is 2.40 bits per heavy atom. The van der Waals surface area contributed by atoms with E-state index in [1.165, 1.54) is 0 Å². The third-order valence-corrected chi connectivity index (χ3v) is 7.98. The van der Waals surface area contributed by atoms with Crippen molar-refractivity contribution in [3.05, 3.63) is 18.2 Å². The predicted molar refractivity (Wildman–Crippen MR) is 99.5 cm³/mol. The van der Waals surface area contributed by atoms with Crippen LogP contribution in [0.15, 0.2) is 18.2 Å². The molecule has 2 aliphatic carbocycles. The lowest BCUT2D eigenvalue weighted by Gasteiger charge is -2.39. The zero-order valence-electron chi connectivity index (χ0n) is 15.2. The fourth-order valence-electron chi connectivity index (χ4n) is 4.59. The second-order valence-corrected chi connectivity index (χ2v) is 8.59. The zero-order valence-corrected chi connectivity index (χ0v) is 16.8. The average Bonchev–Trinajstić information content (AvgIpc) is 2.87. The van der Waals surface area contributed by atoms with Crippen molar-refractivity contribution in [1.82, 2.24) is 0 Å². The van der Waals surface area contributed by atoms with E-state index in [4.69, 9.17) is 9.47 Å². The van der Waals surface area contributed by atoms with Gasteiger partial charge < -0.3 is 14.8 Å². The Bertz CT molecular complexity index is 747. The van der Waals surface area contributed by atoms with Gasteiger partial charge in [0.25, 0.3) is 0 Å². The monoisotopic (exact) mass is 409 g/mol. The first kappa shape index (κ1) is 18.2. The maximum atomic E-state index is 13.4. The van der Waals surface area contributed by atoms with Gasteiger partial charge in [-0.3, -0.25) is 9.59 Å². The van der Waals surface area contributed by atoms with Crippen molar-refractivity contribution in [2.24, 2.45) is 16.2 Å². The first-order valence-electron chi connectivity index (χ1n) is 8.37. The van der Waals surface area contributed by atoms with Crippen molar-refractivity contribution in [3.8, 4) is 11.5 Å². The fraction of sp³-hybridized carbons (Fsp3) is 0.579. The molecule has 2 aliphatic rings. The minimum atomic E-state index is -0.774. The molecule has 0 radical (unpaired) electrons. The lowest BCUT2D eigenvalue weighted by Crippen LogP contribution is -2.48. The highest BCUT2D eigenvalue weighted by molar-refractivity contribution is 9.10. The quantitative estimate of drug-likeness (QED) is 0.767. The second kappa shape index (κ2) is 5.73. The molecule has 6 heteroatoms. The Morgan fingerprint density at radius 2 is 1.88 bits per heavy atom. The molecule has 0 unspecified atom stereocenters. The number of hydrogen-bond acceptors (Lipinski definition) is 4. The van der Waals surface area contributed by atoms with Crippen LogP contribution >= 0.6 is 15.9 Å². The number of ketones is 1. The van der Waals surface area contributed by atoms with Gasteiger partial charge in [0.1, 0.15) is 11.5 Å². The number of fused-ring (bicyclic) bond motifs is 2. The summed E-state index contributed by atoms with van der Waals surface area (Å²) in [7, 11) is 3.12. The van der Waals surface area contributed by atoms with E-state index in [0.29, 0.717) is 23.6 Å². The number of alkyl halides is 1. The van der Waals surface area contributed by atoms with Gasteiger partial charge in [-0.2, -0.15) is 0 Å². The molecule has 1 aromatic rings. The molecule has 3 rings (SSSR count). The van der Waals surface area contributed by atoms with E-state index in [2.05, 4.69) is 21.2 Å². The smallest absolute Gasteiger partial charge is 0.232 e. The molecule has 0 aromatic heterocycles. The van der Waals surface area contributed by atoms with Gasteiger partial charge in [0, 0.05) is 11.5 Å². The van der Waals surface area contributed by atoms with E-state index >= 15 is 0 Å². The van der Waals surface area contributed by atoms with Crippen LogP contribution in [0.2, 0.25) is 0 Å². The number of rotatable bonds is 4. The molecule has 1 aromatic carbocycles. The van der Waals surface area contributed by atoms with Crippen LogP contribution in [0.5, 0.6) is 11.5 Å². The minimum Gasteiger partial charge on any atom is -0.497 e. The van der Waals surface area contributed by atoms with Gasteiger partial charge in [0.2, 0.25) is 5.91 Å². The van der Waals surface area contributed by atoms with Crippen molar-refractivity contribution in [2.45, 2.75) is 38.4 Å². The standard InChI is InChI=1S/C19H24BrNO4/c1-17(2)18(3)8-9-19(17,14(20)15(18)22)16(23)21-12-7-6-11(24-4)10-13(12)25-5/h6-7,10,14H,8-9H2,1-5H3,(H,21,23)/t14-,18+,19+/m1/s1. The molecule has 0 heterocycles. The van der Waals surface area contributed by atoms with Crippen LogP contribution in [0.25, 0.3) is 0 Å². The topological polar surface area (TPSA) is 64.6 Å². The molecule has 0 aliphatic heterocycles. The molecule has 5 nitrogen and oxygen atoms in total. The molecule has 3 atom stereocenters. The Balaban J connectivity index is 1.98. The fourth-order valence-corrected chi connectivity index (χ4v) is 6.11. The van der Waals surface area contributed by atoms with Gasteiger partial charge in [0.15, 0.2) is 5.78 Å². The number of ether oxygens (including phenoxy) is 2. The Morgan fingerprint density at radius 1 is 1.20 bits per heavy atom.